The highest BCUT2D eigenvalue weighted by Crippen LogP contribution is 2.31. The van der Waals surface area contributed by atoms with Gasteiger partial charge in [-0.3, -0.25) is 4.79 Å². The number of carbonyl (C=O) groups excluding carboxylic acids is 1. The van der Waals surface area contributed by atoms with Crippen molar-refractivity contribution in [1.82, 2.24) is 4.57 Å². The first-order chi connectivity index (χ1) is 11.5. The number of nitrogens with zero attached hydrogens (tertiary/aromatic N) is 1. The van der Waals surface area contributed by atoms with Gasteiger partial charge < -0.3 is 9.88 Å². The summed E-state index contributed by atoms with van der Waals surface area (Å²) in [5.74, 6) is -2.84. The molecule has 7 heteroatoms. The van der Waals surface area contributed by atoms with Crippen LogP contribution in [0.3, 0.4) is 0 Å². The second-order valence-electron chi connectivity index (χ2n) is 5.07. The molecule has 1 aromatic heterocycles. The number of hydrogen-bond acceptors (Lipinski definition) is 2. The highest BCUT2D eigenvalue weighted by molar-refractivity contribution is 7.99. The second kappa shape index (κ2) is 7.23. The molecule has 0 aliphatic heterocycles. The van der Waals surface area contributed by atoms with E-state index in [1.807, 2.05) is 12.1 Å². The number of carbonyl (C=O) groups is 1. The zero-order valence-corrected chi connectivity index (χ0v) is 14.0. The molecule has 0 fully saturated rings. The third kappa shape index (κ3) is 3.88. The van der Waals surface area contributed by atoms with E-state index in [0.29, 0.717) is 27.4 Å². The SMILES string of the molecule is O=C(Cn1ccc2ccc(Cl)cc21)Nc1ccccc1SC(F)F. The summed E-state index contributed by atoms with van der Waals surface area (Å²) < 4.78 is 26.9. The molecular weight excluding hydrogens is 354 g/mol. The zero-order chi connectivity index (χ0) is 17.1. The molecule has 3 rings (SSSR count). The van der Waals surface area contributed by atoms with Crippen molar-refractivity contribution in [3.05, 3.63) is 59.8 Å². The van der Waals surface area contributed by atoms with Gasteiger partial charge in [-0.15, -0.1) is 0 Å². The second-order valence-corrected chi connectivity index (χ2v) is 6.54. The molecule has 3 nitrogen and oxygen atoms in total. The van der Waals surface area contributed by atoms with Crippen molar-refractivity contribution in [1.29, 1.82) is 0 Å². The van der Waals surface area contributed by atoms with E-state index in [1.165, 1.54) is 0 Å². The van der Waals surface area contributed by atoms with Crippen LogP contribution in [0, 0.1) is 0 Å². The Kier molecular flexibility index (Phi) is 5.06. The van der Waals surface area contributed by atoms with Gasteiger partial charge in [0, 0.05) is 21.6 Å². The van der Waals surface area contributed by atoms with Gasteiger partial charge in [0.1, 0.15) is 6.54 Å². The minimum atomic E-state index is -2.54. The summed E-state index contributed by atoms with van der Waals surface area (Å²) in [6.45, 7) is 0.0670. The summed E-state index contributed by atoms with van der Waals surface area (Å²) in [5, 5.41) is 4.24. The number of thioether (sulfide) groups is 1. The van der Waals surface area contributed by atoms with Gasteiger partial charge in [-0.25, -0.2) is 0 Å². The van der Waals surface area contributed by atoms with Crippen molar-refractivity contribution in [2.24, 2.45) is 0 Å². The first kappa shape index (κ1) is 16.8. The molecule has 124 valence electrons. The van der Waals surface area contributed by atoms with Crippen molar-refractivity contribution in [2.75, 3.05) is 5.32 Å². The lowest BCUT2D eigenvalue weighted by atomic mass is 10.2. The Bertz CT molecular complexity index is 882. The molecule has 0 unspecified atom stereocenters. The van der Waals surface area contributed by atoms with Gasteiger partial charge >= 0.3 is 0 Å². The Morgan fingerprint density at radius 3 is 2.79 bits per heavy atom. The Morgan fingerprint density at radius 1 is 1.21 bits per heavy atom. The van der Waals surface area contributed by atoms with Crippen LogP contribution < -0.4 is 5.32 Å². The van der Waals surface area contributed by atoms with E-state index < -0.39 is 5.76 Å². The predicted octanol–water partition coefficient (Wildman–Crippen LogP) is 5.25. The summed E-state index contributed by atoms with van der Waals surface area (Å²) in [5.41, 5.74) is 1.22. The maximum absolute atomic E-state index is 12.6. The molecule has 2 aromatic carbocycles. The smallest absolute Gasteiger partial charge is 0.288 e. The molecule has 0 saturated carbocycles. The molecule has 0 saturated heterocycles. The van der Waals surface area contributed by atoms with Crippen LogP contribution in [-0.4, -0.2) is 16.2 Å². The monoisotopic (exact) mass is 366 g/mol. The Hall–Kier alpha value is -2.05. The van der Waals surface area contributed by atoms with E-state index in [1.54, 1.807) is 47.2 Å². The first-order valence-electron chi connectivity index (χ1n) is 7.11. The number of benzene rings is 2. The molecule has 3 aromatic rings. The number of alkyl halides is 2. The van der Waals surface area contributed by atoms with Crippen LogP contribution in [0.15, 0.2) is 59.6 Å². The maximum atomic E-state index is 12.6. The van der Waals surface area contributed by atoms with Crippen LogP contribution in [-0.2, 0) is 11.3 Å². The van der Waals surface area contributed by atoms with Crippen molar-refractivity contribution >= 4 is 45.9 Å². The van der Waals surface area contributed by atoms with E-state index >= 15 is 0 Å². The molecular formula is C17H13ClF2N2OS. The molecule has 1 amide bonds. The van der Waals surface area contributed by atoms with Crippen LogP contribution in [0.1, 0.15) is 0 Å². The summed E-state index contributed by atoms with van der Waals surface area (Å²) in [6.07, 6.45) is 1.79. The van der Waals surface area contributed by atoms with Gasteiger partial charge in [-0.1, -0.05) is 41.6 Å². The Morgan fingerprint density at radius 2 is 2.00 bits per heavy atom. The van der Waals surface area contributed by atoms with Crippen LogP contribution in [0.2, 0.25) is 5.02 Å². The molecule has 1 N–H and O–H groups in total. The van der Waals surface area contributed by atoms with Gasteiger partial charge in [0.25, 0.3) is 5.76 Å². The van der Waals surface area contributed by atoms with Gasteiger partial charge in [0.15, 0.2) is 0 Å². The van der Waals surface area contributed by atoms with Gasteiger partial charge in [0.2, 0.25) is 5.91 Å². The highest BCUT2D eigenvalue weighted by Gasteiger charge is 2.12. The normalized spacial score (nSPS) is 11.2. The average Bonchev–Trinajstić information content (AvgIpc) is 2.91. The average molecular weight is 367 g/mol. The first-order valence-corrected chi connectivity index (χ1v) is 8.37. The maximum Gasteiger partial charge on any atom is 0.288 e. The van der Waals surface area contributed by atoms with E-state index in [2.05, 4.69) is 5.32 Å². The molecule has 0 spiro atoms. The third-order valence-electron chi connectivity index (χ3n) is 3.43. The lowest BCUT2D eigenvalue weighted by Gasteiger charge is -2.11. The molecule has 1 heterocycles. The fourth-order valence-corrected chi connectivity index (χ4v) is 3.17. The summed E-state index contributed by atoms with van der Waals surface area (Å²) in [4.78, 5) is 12.6. The van der Waals surface area contributed by atoms with Crippen molar-refractivity contribution in [3.63, 3.8) is 0 Å². The number of fused-ring (bicyclic) bond motifs is 1. The standard InChI is InChI=1S/C17H13ClF2N2OS/c18-12-6-5-11-7-8-22(14(11)9-12)10-16(23)21-13-3-1-2-4-15(13)24-17(19)20/h1-9,17H,10H2,(H,21,23). The van der Waals surface area contributed by atoms with Crippen LogP contribution >= 0.6 is 23.4 Å². The number of rotatable bonds is 5. The Labute approximate surface area is 146 Å². The summed E-state index contributed by atoms with van der Waals surface area (Å²) >= 11 is 6.40. The van der Waals surface area contributed by atoms with E-state index in [4.69, 9.17) is 11.6 Å². The molecule has 0 atom stereocenters. The molecule has 0 aliphatic rings. The molecule has 0 bridgehead atoms. The Balaban J connectivity index is 1.77. The van der Waals surface area contributed by atoms with Gasteiger partial charge in [0.05, 0.1) is 5.69 Å². The van der Waals surface area contributed by atoms with E-state index in [0.717, 1.165) is 10.9 Å². The number of amides is 1. The fraction of sp³-hybridized carbons (Fsp3) is 0.118. The zero-order valence-electron chi connectivity index (χ0n) is 12.4. The highest BCUT2D eigenvalue weighted by atomic mass is 35.5. The quantitative estimate of drug-likeness (QED) is 0.626. The number of para-hydroxylation sites is 1. The number of hydrogen-bond donors (Lipinski definition) is 1. The third-order valence-corrected chi connectivity index (χ3v) is 4.45. The summed E-state index contributed by atoms with van der Waals surface area (Å²) in [6, 6.07) is 13.8. The number of aromatic nitrogens is 1. The number of anilines is 1. The number of nitrogens with one attached hydrogen (secondary N) is 1. The molecule has 0 aliphatic carbocycles. The number of halogens is 3. The largest absolute Gasteiger partial charge is 0.338 e. The minimum Gasteiger partial charge on any atom is -0.338 e. The van der Waals surface area contributed by atoms with Crippen molar-refractivity contribution in [3.8, 4) is 0 Å². The van der Waals surface area contributed by atoms with Gasteiger partial charge in [-0.05, 0) is 35.7 Å². The lowest BCUT2D eigenvalue weighted by molar-refractivity contribution is -0.116. The minimum absolute atomic E-state index is 0.0670. The van der Waals surface area contributed by atoms with Crippen molar-refractivity contribution < 1.29 is 13.6 Å². The van der Waals surface area contributed by atoms with Crippen molar-refractivity contribution in [2.45, 2.75) is 17.2 Å². The molecule has 0 radical (unpaired) electrons. The molecule has 24 heavy (non-hydrogen) atoms. The fourth-order valence-electron chi connectivity index (χ4n) is 2.41. The van der Waals surface area contributed by atoms with E-state index in [9.17, 15) is 13.6 Å². The lowest BCUT2D eigenvalue weighted by Crippen LogP contribution is -2.18. The van der Waals surface area contributed by atoms with Crippen LogP contribution in [0.4, 0.5) is 14.5 Å². The van der Waals surface area contributed by atoms with Gasteiger partial charge in [-0.2, -0.15) is 8.78 Å². The predicted molar refractivity (Wildman–Crippen MR) is 93.9 cm³/mol. The van der Waals surface area contributed by atoms with Crippen LogP contribution in [0.25, 0.3) is 10.9 Å². The van der Waals surface area contributed by atoms with E-state index in [-0.39, 0.29) is 12.5 Å². The summed E-state index contributed by atoms with van der Waals surface area (Å²) in [7, 11) is 0. The topological polar surface area (TPSA) is 34.0 Å². The van der Waals surface area contributed by atoms with Crippen LogP contribution in [0.5, 0.6) is 0 Å².